The van der Waals surface area contributed by atoms with E-state index in [9.17, 15) is 0 Å². The summed E-state index contributed by atoms with van der Waals surface area (Å²) in [5.41, 5.74) is 9.75. The van der Waals surface area contributed by atoms with Crippen molar-refractivity contribution in [1.29, 1.82) is 0 Å². The van der Waals surface area contributed by atoms with Crippen molar-refractivity contribution >= 4 is 85.9 Å². The highest BCUT2D eigenvalue weighted by Gasteiger charge is 2.18. The van der Waals surface area contributed by atoms with Crippen molar-refractivity contribution in [2.75, 3.05) is 0 Å². The van der Waals surface area contributed by atoms with Gasteiger partial charge in [0, 0.05) is 42.7 Å². The molecule has 2 nitrogen and oxygen atoms in total. The van der Waals surface area contributed by atoms with Crippen LogP contribution in [-0.4, -0.2) is 9.13 Å². The quantitative estimate of drug-likeness (QED) is 0.182. The van der Waals surface area contributed by atoms with Crippen LogP contribution in [-0.2, 0) is 0 Å². The third-order valence-corrected chi connectivity index (χ3v) is 11.5. The minimum absolute atomic E-state index is 1.17. The Hall–Kier alpha value is -6.16. The molecule has 0 atom stereocenters. The molecule has 0 amide bonds. The predicted octanol–water partition coefficient (Wildman–Crippen LogP) is 13.1. The summed E-state index contributed by atoms with van der Waals surface area (Å²) < 4.78 is 7.52. The molecule has 0 aliphatic carbocycles. The molecule has 0 spiro atoms. The molecule has 0 fully saturated rings. The van der Waals surface area contributed by atoms with Crippen molar-refractivity contribution in [2.45, 2.75) is 0 Å². The number of benzene rings is 8. The van der Waals surface area contributed by atoms with Crippen LogP contribution in [0.15, 0.2) is 170 Å². The van der Waals surface area contributed by atoms with Gasteiger partial charge in [0.05, 0.1) is 32.5 Å². The number of rotatable bonds is 3. The Kier molecular flexibility index (Phi) is 5.57. The van der Waals surface area contributed by atoms with Gasteiger partial charge >= 0.3 is 0 Å². The summed E-state index contributed by atoms with van der Waals surface area (Å²) in [6, 6.07) is 62.5. The maximum atomic E-state index is 2.47. The zero-order valence-corrected chi connectivity index (χ0v) is 27.3. The molecule has 228 valence electrons. The Bertz CT molecular complexity index is 3100. The average molecular weight is 641 g/mol. The number of hydrogen-bond acceptors (Lipinski definition) is 1. The molecule has 11 aromatic rings. The molecular formula is C46H28N2S. The first-order chi connectivity index (χ1) is 24.3. The Morgan fingerprint density at radius 2 is 0.939 bits per heavy atom. The van der Waals surface area contributed by atoms with Gasteiger partial charge in [0.15, 0.2) is 0 Å². The molecule has 11 rings (SSSR count). The van der Waals surface area contributed by atoms with Gasteiger partial charge in [-0.05, 0) is 88.6 Å². The number of nitrogens with zero attached hydrogens (tertiary/aromatic N) is 2. The lowest BCUT2D eigenvalue weighted by Crippen LogP contribution is -1.94. The normalized spacial score (nSPS) is 12.1. The molecule has 8 aromatic carbocycles. The van der Waals surface area contributed by atoms with Gasteiger partial charge in [0.1, 0.15) is 0 Å². The van der Waals surface area contributed by atoms with Gasteiger partial charge in [-0.25, -0.2) is 0 Å². The zero-order valence-electron chi connectivity index (χ0n) is 26.5. The van der Waals surface area contributed by atoms with Crippen LogP contribution >= 0.6 is 11.3 Å². The van der Waals surface area contributed by atoms with E-state index < -0.39 is 0 Å². The molecule has 3 heterocycles. The minimum Gasteiger partial charge on any atom is -0.309 e. The van der Waals surface area contributed by atoms with Crippen LogP contribution < -0.4 is 0 Å². The maximum Gasteiger partial charge on any atom is 0.0640 e. The second-order valence-electron chi connectivity index (χ2n) is 13.0. The van der Waals surface area contributed by atoms with Crippen molar-refractivity contribution in [3.8, 4) is 22.5 Å². The highest BCUT2D eigenvalue weighted by molar-refractivity contribution is 7.26. The molecule has 0 N–H and O–H groups in total. The van der Waals surface area contributed by atoms with E-state index in [4.69, 9.17) is 0 Å². The second kappa shape index (κ2) is 10.2. The molecule has 0 aliphatic heterocycles. The fraction of sp³-hybridized carbons (Fsp3) is 0. The highest BCUT2D eigenvalue weighted by Crippen LogP contribution is 2.42. The van der Waals surface area contributed by atoms with Crippen LogP contribution in [0.3, 0.4) is 0 Å². The van der Waals surface area contributed by atoms with Gasteiger partial charge in [-0.3, -0.25) is 0 Å². The van der Waals surface area contributed by atoms with E-state index in [-0.39, 0.29) is 0 Å². The molecule has 3 heteroatoms. The molecule has 0 saturated heterocycles. The van der Waals surface area contributed by atoms with E-state index >= 15 is 0 Å². The first-order valence-electron chi connectivity index (χ1n) is 16.8. The molecule has 0 unspecified atom stereocenters. The number of aromatic nitrogens is 2. The fourth-order valence-electron chi connectivity index (χ4n) is 8.06. The third kappa shape index (κ3) is 3.88. The van der Waals surface area contributed by atoms with E-state index in [0.29, 0.717) is 0 Å². The zero-order chi connectivity index (χ0) is 32.1. The molecule has 0 radical (unpaired) electrons. The Morgan fingerprint density at radius 3 is 1.76 bits per heavy atom. The SMILES string of the molecule is c1ccc(-n2c3ccc(-c4ccc5c(c4)c4ccccc4n5-c4cccc5c4sc4ccccc45)cc3c3cc4ccccc4cc32)cc1. The maximum absolute atomic E-state index is 2.47. The Balaban J connectivity index is 1.15. The number of hydrogen-bond donors (Lipinski definition) is 0. The summed E-state index contributed by atoms with van der Waals surface area (Å²) in [5, 5.41) is 10.2. The Morgan fingerprint density at radius 1 is 0.347 bits per heavy atom. The van der Waals surface area contributed by atoms with Crippen molar-refractivity contribution < 1.29 is 0 Å². The first-order valence-corrected chi connectivity index (χ1v) is 17.6. The van der Waals surface area contributed by atoms with E-state index in [0.717, 1.165) is 0 Å². The summed E-state index contributed by atoms with van der Waals surface area (Å²) in [4.78, 5) is 0. The van der Waals surface area contributed by atoms with Gasteiger partial charge in [0.25, 0.3) is 0 Å². The molecule has 0 bridgehead atoms. The van der Waals surface area contributed by atoms with Crippen LogP contribution in [0.4, 0.5) is 0 Å². The van der Waals surface area contributed by atoms with Gasteiger partial charge in [-0.1, -0.05) is 103 Å². The summed E-state index contributed by atoms with van der Waals surface area (Å²) in [6.45, 7) is 0. The van der Waals surface area contributed by atoms with Crippen LogP contribution in [0, 0.1) is 0 Å². The number of thiophene rings is 1. The average Bonchev–Trinajstić information content (AvgIpc) is 3.81. The van der Waals surface area contributed by atoms with Crippen molar-refractivity contribution in [2.24, 2.45) is 0 Å². The van der Waals surface area contributed by atoms with Crippen LogP contribution in [0.2, 0.25) is 0 Å². The van der Waals surface area contributed by atoms with E-state index in [1.165, 1.54) is 97.1 Å². The lowest BCUT2D eigenvalue weighted by molar-refractivity contribution is 1.18. The Labute approximate surface area is 286 Å². The number of fused-ring (bicyclic) bond motifs is 10. The van der Waals surface area contributed by atoms with Crippen molar-refractivity contribution in [1.82, 2.24) is 9.13 Å². The smallest absolute Gasteiger partial charge is 0.0640 e. The van der Waals surface area contributed by atoms with Gasteiger partial charge < -0.3 is 9.13 Å². The van der Waals surface area contributed by atoms with E-state index in [2.05, 4.69) is 179 Å². The van der Waals surface area contributed by atoms with E-state index in [1.807, 2.05) is 11.3 Å². The number of para-hydroxylation sites is 2. The second-order valence-corrected chi connectivity index (χ2v) is 14.0. The minimum atomic E-state index is 1.17. The third-order valence-electron chi connectivity index (χ3n) is 10.3. The van der Waals surface area contributed by atoms with Crippen LogP contribution in [0.5, 0.6) is 0 Å². The monoisotopic (exact) mass is 640 g/mol. The van der Waals surface area contributed by atoms with Crippen LogP contribution in [0.1, 0.15) is 0 Å². The summed E-state index contributed by atoms with van der Waals surface area (Å²) in [7, 11) is 0. The van der Waals surface area contributed by atoms with E-state index in [1.54, 1.807) is 0 Å². The van der Waals surface area contributed by atoms with Crippen LogP contribution in [0.25, 0.3) is 97.1 Å². The van der Waals surface area contributed by atoms with Gasteiger partial charge in [-0.15, -0.1) is 11.3 Å². The molecule has 3 aromatic heterocycles. The standard InChI is InChI=1S/C46H28N2S/c1-2-13-33(14-3-1)47-41-23-21-32(27-38(41)39-25-29-11-4-5-12-30(29)28-44(39)47)31-22-24-42-37(26-31)34-15-6-8-18-40(34)48(42)43-19-10-17-36-35-16-7-9-20-45(35)49-46(36)43/h1-28H. The van der Waals surface area contributed by atoms with Crippen molar-refractivity contribution in [3.05, 3.63) is 170 Å². The molecule has 49 heavy (non-hydrogen) atoms. The lowest BCUT2D eigenvalue weighted by atomic mass is 10.00. The highest BCUT2D eigenvalue weighted by atomic mass is 32.1. The summed E-state index contributed by atoms with van der Waals surface area (Å²) in [5.74, 6) is 0. The lowest BCUT2D eigenvalue weighted by Gasteiger charge is -2.10. The van der Waals surface area contributed by atoms with Gasteiger partial charge in [0.2, 0.25) is 0 Å². The molecule has 0 saturated carbocycles. The summed E-state index contributed by atoms with van der Waals surface area (Å²) >= 11 is 1.88. The largest absolute Gasteiger partial charge is 0.309 e. The molecular weight excluding hydrogens is 613 g/mol. The van der Waals surface area contributed by atoms with Gasteiger partial charge in [-0.2, -0.15) is 0 Å². The van der Waals surface area contributed by atoms with Crippen molar-refractivity contribution in [3.63, 3.8) is 0 Å². The summed E-state index contributed by atoms with van der Waals surface area (Å²) in [6.07, 6.45) is 0. The fourth-order valence-corrected chi connectivity index (χ4v) is 9.27. The predicted molar refractivity (Wildman–Crippen MR) is 211 cm³/mol. The topological polar surface area (TPSA) is 9.86 Å². The first kappa shape index (κ1) is 26.9. The molecule has 0 aliphatic rings.